The maximum Gasteiger partial charge on any atom is 0.223 e. The minimum absolute atomic E-state index is 0. The fraction of sp³-hybridized carbons (Fsp3) is 0.562. The number of nitrogens with one attached hydrogen (secondary N) is 1. The summed E-state index contributed by atoms with van der Waals surface area (Å²) in [5, 5.41) is 2.98. The maximum atomic E-state index is 11.7. The van der Waals surface area contributed by atoms with E-state index in [9.17, 15) is 4.79 Å². The summed E-state index contributed by atoms with van der Waals surface area (Å²) in [4.78, 5) is 11.7. The second-order valence-electron chi connectivity index (χ2n) is 5.51. The zero-order chi connectivity index (χ0) is 14.2. The minimum atomic E-state index is 0. The van der Waals surface area contributed by atoms with Gasteiger partial charge >= 0.3 is 0 Å². The zero-order valence-electron chi connectivity index (χ0n) is 12.3. The first kappa shape index (κ1) is 17.8. The Balaban J connectivity index is 0.00000220. The molecule has 1 fully saturated rings. The SMILES string of the molecule is Cl.NC1CCCC(CNC(=O)CCOc2ccccc2)C1. The number of hydrogen-bond donors (Lipinski definition) is 2. The van der Waals surface area contributed by atoms with E-state index in [2.05, 4.69) is 5.32 Å². The lowest BCUT2D eigenvalue weighted by Gasteiger charge is -2.26. The number of hydrogen-bond acceptors (Lipinski definition) is 3. The molecule has 0 radical (unpaired) electrons. The van der Waals surface area contributed by atoms with Crippen LogP contribution in [0.1, 0.15) is 32.1 Å². The van der Waals surface area contributed by atoms with E-state index in [-0.39, 0.29) is 18.3 Å². The number of nitrogens with two attached hydrogens (primary N) is 1. The number of halogens is 1. The Hall–Kier alpha value is -1.26. The fourth-order valence-electron chi connectivity index (χ4n) is 2.64. The van der Waals surface area contributed by atoms with Crippen molar-refractivity contribution in [3.8, 4) is 5.75 Å². The summed E-state index contributed by atoms with van der Waals surface area (Å²) in [5.41, 5.74) is 5.94. The molecular formula is C16H25ClN2O2. The molecule has 0 aliphatic heterocycles. The van der Waals surface area contributed by atoms with Crippen molar-refractivity contribution >= 4 is 18.3 Å². The van der Waals surface area contributed by atoms with Crippen LogP contribution in [0.2, 0.25) is 0 Å². The van der Waals surface area contributed by atoms with Crippen molar-refractivity contribution in [1.82, 2.24) is 5.32 Å². The molecule has 21 heavy (non-hydrogen) atoms. The highest BCUT2D eigenvalue weighted by atomic mass is 35.5. The Morgan fingerprint density at radius 3 is 2.76 bits per heavy atom. The zero-order valence-corrected chi connectivity index (χ0v) is 13.1. The van der Waals surface area contributed by atoms with Gasteiger partial charge in [0.15, 0.2) is 0 Å². The van der Waals surface area contributed by atoms with Gasteiger partial charge in [-0.1, -0.05) is 24.6 Å². The van der Waals surface area contributed by atoms with Gasteiger partial charge in [0.05, 0.1) is 13.0 Å². The van der Waals surface area contributed by atoms with Crippen LogP contribution >= 0.6 is 12.4 Å². The van der Waals surface area contributed by atoms with Gasteiger partial charge in [0.1, 0.15) is 5.75 Å². The van der Waals surface area contributed by atoms with Crippen molar-refractivity contribution in [2.45, 2.75) is 38.1 Å². The van der Waals surface area contributed by atoms with Crippen LogP contribution in [0.3, 0.4) is 0 Å². The third-order valence-corrected chi connectivity index (χ3v) is 3.75. The largest absolute Gasteiger partial charge is 0.493 e. The Labute approximate surface area is 132 Å². The molecule has 0 bridgehead atoms. The molecule has 1 aliphatic rings. The topological polar surface area (TPSA) is 64.3 Å². The van der Waals surface area contributed by atoms with Crippen LogP contribution in [0, 0.1) is 5.92 Å². The van der Waals surface area contributed by atoms with Crippen LogP contribution in [-0.2, 0) is 4.79 Å². The van der Waals surface area contributed by atoms with Gasteiger partial charge in [-0.3, -0.25) is 4.79 Å². The highest BCUT2D eigenvalue weighted by Gasteiger charge is 2.19. The molecule has 5 heteroatoms. The molecule has 0 spiro atoms. The van der Waals surface area contributed by atoms with Crippen molar-refractivity contribution < 1.29 is 9.53 Å². The number of benzene rings is 1. The van der Waals surface area contributed by atoms with Gasteiger partial charge in [0, 0.05) is 12.6 Å². The van der Waals surface area contributed by atoms with Gasteiger partial charge in [-0.25, -0.2) is 0 Å². The molecule has 1 aromatic rings. The third kappa shape index (κ3) is 6.82. The molecule has 2 rings (SSSR count). The molecule has 4 nitrogen and oxygen atoms in total. The first-order valence-corrected chi connectivity index (χ1v) is 7.44. The number of amides is 1. The van der Waals surface area contributed by atoms with Crippen molar-refractivity contribution in [1.29, 1.82) is 0 Å². The molecule has 0 heterocycles. The Kier molecular flexibility index (Phi) is 8.16. The lowest BCUT2D eigenvalue weighted by molar-refractivity contribution is -0.121. The van der Waals surface area contributed by atoms with Gasteiger partial charge in [-0.15, -0.1) is 12.4 Å². The van der Waals surface area contributed by atoms with Gasteiger partial charge < -0.3 is 15.8 Å². The van der Waals surface area contributed by atoms with E-state index in [1.54, 1.807) is 0 Å². The monoisotopic (exact) mass is 312 g/mol. The van der Waals surface area contributed by atoms with Crippen LogP contribution < -0.4 is 15.8 Å². The van der Waals surface area contributed by atoms with E-state index >= 15 is 0 Å². The van der Waals surface area contributed by atoms with Crippen molar-refractivity contribution in [3.05, 3.63) is 30.3 Å². The summed E-state index contributed by atoms with van der Waals surface area (Å²) >= 11 is 0. The first-order chi connectivity index (χ1) is 9.74. The Morgan fingerprint density at radius 1 is 1.29 bits per heavy atom. The average Bonchev–Trinajstić information content (AvgIpc) is 2.46. The quantitative estimate of drug-likeness (QED) is 0.848. The highest BCUT2D eigenvalue weighted by molar-refractivity contribution is 5.85. The molecule has 0 aromatic heterocycles. The van der Waals surface area contributed by atoms with Crippen LogP contribution in [0.25, 0.3) is 0 Å². The number of ether oxygens (including phenoxy) is 1. The maximum absolute atomic E-state index is 11.7. The van der Waals surface area contributed by atoms with Crippen molar-refractivity contribution in [2.75, 3.05) is 13.2 Å². The molecule has 1 aliphatic carbocycles. The van der Waals surface area contributed by atoms with Crippen LogP contribution in [0.5, 0.6) is 5.75 Å². The Bertz CT molecular complexity index is 414. The predicted octanol–water partition coefficient (Wildman–Crippen LogP) is 2.51. The third-order valence-electron chi connectivity index (χ3n) is 3.75. The van der Waals surface area contributed by atoms with Gasteiger partial charge in [0.2, 0.25) is 5.91 Å². The number of carbonyl (C=O) groups is 1. The predicted molar refractivity (Wildman–Crippen MR) is 86.7 cm³/mol. The molecule has 118 valence electrons. The van der Waals surface area contributed by atoms with E-state index in [1.165, 1.54) is 12.8 Å². The van der Waals surface area contributed by atoms with Gasteiger partial charge in [0.25, 0.3) is 0 Å². The van der Waals surface area contributed by atoms with E-state index < -0.39 is 0 Å². The summed E-state index contributed by atoms with van der Waals surface area (Å²) < 4.78 is 5.50. The number of carbonyl (C=O) groups excluding carboxylic acids is 1. The normalized spacial score (nSPS) is 21.2. The van der Waals surface area contributed by atoms with Crippen molar-refractivity contribution in [3.63, 3.8) is 0 Å². The smallest absolute Gasteiger partial charge is 0.223 e. The second kappa shape index (κ2) is 9.64. The number of para-hydroxylation sites is 1. The lowest BCUT2D eigenvalue weighted by atomic mass is 9.86. The first-order valence-electron chi connectivity index (χ1n) is 7.44. The second-order valence-corrected chi connectivity index (χ2v) is 5.51. The molecule has 0 saturated heterocycles. The molecule has 1 amide bonds. The van der Waals surface area contributed by atoms with E-state index in [4.69, 9.17) is 10.5 Å². The van der Waals surface area contributed by atoms with E-state index in [0.717, 1.165) is 25.1 Å². The average molecular weight is 313 g/mol. The van der Waals surface area contributed by atoms with Crippen molar-refractivity contribution in [2.24, 2.45) is 11.7 Å². The summed E-state index contributed by atoms with van der Waals surface area (Å²) in [7, 11) is 0. The van der Waals surface area contributed by atoms with E-state index in [0.29, 0.717) is 25.0 Å². The van der Waals surface area contributed by atoms with Crippen LogP contribution in [0.15, 0.2) is 30.3 Å². The fourth-order valence-corrected chi connectivity index (χ4v) is 2.64. The van der Waals surface area contributed by atoms with Crippen LogP contribution in [-0.4, -0.2) is 25.1 Å². The van der Waals surface area contributed by atoms with E-state index in [1.807, 2.05) is 30.3 Å². The van der Waals surface area contributed by atoms with Gasteiger partial charge in [-0.2, -0.15) is 0 Å². The minimum Gasteiger partial charge on any atom is -0.493 e. The molecular weight excluding hydrogens is 288 g/mol. The molecule has 3 N–H and O–H groups in total. The van der Waals surface area contributed by atoms with Crippen LogP contribution in [0.4, 0.5) is 0 Å². The summed E-state index contributed by atoms with van der Waals surface area (Å²) in [6.07, 6.45) is 4.90. The van der Waals surface area contributed by atoms with Gasteiger partial charge in [-0.05, 0) is 37.3 Å². The molecule has 1 aromatic carbocycles. The molecule has 1 saturated carbocycles. The lowest BCUT2D eigenvalue weighted by Crippen LogP contribution is -2.36. The summed E-state index contributed by atoms with van der Waals surface area (Å²) in [5.74, 6) is 1.40. The standard InChI is InChI=1S/C16H24N2O2.ClH/c17-14-6-4-5-13(11-14)12-18-16(19)9-10-20-15-7-2-1-3-8-15;/h1-3,7-8,13-14H,4-6,9-12,17H2,(H,18,19);1H. The number of rotatable bonds is 6. The Morgan fingerprint density at radius 2 is 2.05 bits per heavy atom. The summed E-state index contributed by atoms with van der Waals surface area (Å²) in [6.45, 7) is 1.16. The molecule has 2 atom stereocenters. The summed E-state index contributed by atoms with van der Waals surface area (Å²) in [6, 6.07) is 9.87. The molecule has 2 unspecified atom stereocenters. The highest BCUT2D eigenvalue weighted by Crippen LogP contribution is 2.22.